The highest BCUT2D eigenvalue weighted by atomic mass is 16.5. The molecule has 0 saturated carbocycles. The number of nitrogens with zero attached hydrogens (tertiary/aromatic N) is 2. The van der Waals surface area contributed by atoms with Crippen LogP contribution < -0.4 is 0 Å². The lowest BCUT2D eigenvalue weighted by molar-refractivity contribution is -0.142. The fraction of sp³-hybridized carbons (Fsp3) is 0.846. The minimum Gasteiger partial charge on any atom is -0.481 e. The van der Waals surface area contributed by atoms with Crippen molar-refractivity contribution in [1.82, 2.24) is 9.80 Å². The molecule has 0 spiro atoms. The first kappa shape index (κ1) is 15.8. The van der Waals surface area contributed by atoms with Crippen LogP contribution in [0, 0.1) is 5.92 Å². The minimum atomic E-state index is -0.823. The molecule has 0 aliphatic carbocycles. The fourth-order valence-corrected chi connectivity index (χ4v) is 2.67. The molecule has 2 amide bonds. The van der Waals surface area contributed by atoms with E-state index in [-0.39, 0.29) is 18.1 Å². The van der Waals surface area contributed by atoms with E-state index >= 15 is 0 Å². The van der Waals surface area contributed by atoms with Gasteiger partial charge in [0.05, 0.1) is 18.6 Å². The topological polar surface area (TPSA) is 70.1 Å². The van der Waals surface area contributed by atoms with Gasteiger partial charge in [-0.3, -0.25) is 4.79 Å². The number of rotatable bonds is 5. The third-order valence-corrected chi connectivity index (χ3v) is 3.84. The molecule has 1 N–H and O–H groups in total. The first-order valence-corrected chi connectivity index (χ1v) is 6.73. The average molecular weight is 272 g/mol. The zero-order chi connectivity index (χ0) is 14.6. The second-order valence-electron chi connectivity index (χ2n) is 5.04. The Morgan fingerprint density at radius 2 is 2.16 bits per heavy atom. The van der Waals surface area contributed by atoms with Crippen molar-refractivity contribution in [3.63, 3.8) is 0 Å². The fourth-order valence-electron chi connectivity index (χ4n) is 2.67. The summed E-state index contributed by atoms with van der Waals surface area (Å²) in [6, 6.07) is -0.365. The number of methoxy groups -OCH3 is 1. The van der Waals surface area contributed by atoms with Crippen LogP contribution in [-0.2, 0) is 9.53 Å². The molecule has 0 aromatic heterocycles. The van der Waals surface area contributed by atoms with E-state index in [2.05, 4.69) is 0 Å². The molecule has 3 atom stereocenters. The van der Waals surface area contributed by atoms with Gasteiger partial charge < -0.3 is 19.6 Å². The quantitative estimate of drug-likeness (QED) is 0.818. The Bertz CT molecular complexity index is 335. The van der Waals surface area contributed by atoms with Gasteiger partial charge in [0.15, 0.2) is 0 Å². The minimum absolute atomic E-state index is 0.0152. The van der Waals surface area contributed by atoms with Crippen LogP contribution in [0.3, 0.4) is 0 Å². The van der Waals surface area contributed by atoms with Gasteiger partial charge in [-0.05, 0) is 27.2 Å². The summed E-state index contributed by atoms with van der Waals surface area (Å²) >= 11 is 0. The molecule has 0 aromatic rings. The number of carbonyl (C=O) groups is 2. The number of hydrogen-bond acceptors (Lipinski definition) is 3. The molecule has 6 nitrogen and oxygen atoms in total. The number of hydrogen-bond donors (Lipinski definition) is 1. The second-order valence-corrected chi connectivity index (χ2v) is 5.04. The molecule has 1 fully saturated rings. The maximum atomic E-state index is 12.5. The van der Waals surface area contributed by atoms with Gasteiger partial charge >= 0.3 is 12.0 Å². The van der Waals surface area contributed by atoms with Gasteiger partial charge in [0.1, 0.15) is 0 Å². The van der Waals surface area contributed by atoms with Crippen LogP contribution in [0.2, 0.25) is 0 Å². The van der Waals surface area contributed by atoms with E-state index in [0.717, 1.165) is 0 Å². The van der Waals surface area contributed by atoms with Crippen molar-refractivity contribution >= 4 is 12.0 Å². The van der Waals surface area contributed by atoms with Gasteiger partial charge in [-0.15, -0.1) is 0 Å². The maximum Gasteiger partial charge on any atom is 0.320 e. The van der Waals surface area contributed by atoms with Gasteiger partial charge in [0, 0.05) is 26.2 Å². The van der Waals surface area contributed by atoms with Crippen LogP contribution in [0.4, 0.5) is 4.79 Å². The smallest absolute Gasteiger partial charge is 0.320 e. The summed E-state index contributed by atoms with van der Waals surface area (Å²) in [7, 11) is 1.60. The Morgan fingerprint density at radius 3 is 2.58 bits per heavy atom. The van der Waals surface area contributed by atoms with Gasteiger partial charge in [0.25, 0.3) is 0 Å². The Hall–Kier alpha value is -1.30. The van der Waals surface area contributed by atoms with Crippen molar-refractivity contribution in [1.29, 1.82) is 0 Å². The number of carboxylic acids is 1. The predicted octanol–water partition coefficient (Wildman–Crippen LogP) is 1.26. The number of ether oxygens (including phenoxy) is 1. The van der Waals surface area contributed by atoms with Crippen LogP contribution in [0.1, 0.15) is 27.2 Å². The van der Waals surface area contributed by atoms with Crippen molar-refractivity contribution < 1.29 is 19.4 Å². The predicted molar refractivity (Wildman–Crippen MR) is 71.0 cm³/mol. The highest BCUT2D eigenvalue weighted by Gasteiger charge is 2.40. The molecule has 19 heavy (non-hydrogen) atoms. The van der Waals surface area contributed by atoms with Gasteiger partial charge in [-0.2, -0.15) is 0 Å². The molecule has 6 heteroatoms. The normalized spacial score (nSPS) is 24.3. The molecule has 1 saturated heterocycles. The maximum absolute atomic E-state index is 12.5. The first-order valence-electron chi connectivity index (χ1n) is 6.73. The molecule has 0 radical (unpaired) electrons. The molecule has 1 aliphatic heterocycles. The summed E-state index contributed by atoms with van der Waals surface area (Å²) in [5.41, 5.74) is 0. The van der Waals surface area contributed by atoms with Crippen LogP contribution in [-0.4, -0.2) is 65.8 Å². The lowest BCUT2D eigenvalue weighted by atomic mass is 10.0. The molecule has 0 bridgehead atoms. The third-order valence-electron chi connectivity index (χ3n) is 3.84. The summed E-state index contributed by atoms with van der Waals surface area (Å²) in [5, 5.41) is 9.10. The van der Waals surface area contributed by atoms with E-state index in [0.29, 0.717) is 26.1 Å². The largest absolute Gasteiger partial charge is 0.481 e. The van der Waals surface area contributed by atoms with Crippen LogP contribution in [0.25, 0.3) is 0 Å². The molecular formula is C13H24N2O4. The van der Waals surface area contributed by atoms with E-state index in [1.165, 1.54) is 0 Å². The highest BCUT2D eigenvalue weighted by molar-refractivity contribution is 5.78. The van der Waals surface area contributed by atoms with E-state index in [4.69, 9.17) is 9.84 Å². The van der Waals surface area contributed by atoms with Crippen LogP contribution in [0.5, 0.6) is 0 Å². The zero-order valence-corrected chi connectivity index (χ0v) is 12.1. The van der Waals surface area contributed by atoms with Gasteiger partial charge in [-0.25, -0.2) is 4.79 Å². The number of aliphatic carboxylic acids is 1. The molecule has 1 aliphatic rings. The standard InChI is InChI=1S/C13H24N2O4/c1-5-14(9(2)8-19-4)13(18)15-7-6-11(10(15)3)12(16)17/h9-11H,5-8H2,1-4H3,(H,16,17). The summed E-state index contributed by atoms with van der Waals surface area (Å²) in [4.78, 5) is 26.9. The van der Waals surface area contributed by atoms with Crippen molar-refractivity contribution in [3.8, 4) is 0 Å². The van der Waals surface area contributed by atoms with E-state index in [1.54, 1.807) is 23.8 Å². The summed E-state index contributed by atoms with van der Waals surface area (Å²) < 4.78 is 5.08. The number of carboxylic acid groups (broad SMARTS) is 1. The van der Waals surface area contributed by atoms with E-state index in [9.17, 15) is 9.59 Å². The summed E-state index contributed by atoms with van der Waals surface area (Å²) in [5.74, 6) is -1.28. The molecule has 3 unspecified atom stereocenters. The monoisotopic (exact) mass is 272 g/mol. The number of urea groups is 1. The van der Waals surface area contributed by atoms with Gasteiger partial charge in [-0.1, -0.05) is 0 Å². The van der Waals surface area contributed by atoms with Gasteiger partial charge in [0.2, 0.25) is 0 Å². The van der Waals surface area contributed by atoms with Crippen LogP contribution >= 0.6 is 0 Å². The van der Waals surface area contributed by atoms with Crippen LogP contribution in [0.15, 0.2) is 0 Å². The summed E-state index contributed by atoms with van der Waals surface area (Å²) in [6.07, 6.45) is 0.526. The van der Waals surface area contributed by atoms with Crippen molar-refractivity contribution in [2.24, 2.45) is 5.92 Å². The molecule has 110 valence electrons. The summed E-state index contributed by atoms with van der Waals surface area (Å²) in [6.45, 7) is 7.22. The number of likely N-dealkylation sites (N-methyl/N-ethyl adjacent to an activating group) is 1. The third kappa shape index (κ3) is 3.37. The molecular weight excluding hydrogens is 248 g/mol. The average Bonchev–Trinajstić information content (AvgIpc) is 2.72. The number of amides is 2. The number of likely N-dealkylation sites (tertiary alicyclic amines) is 1. The number of carbonyl (C=O) groups excluding carboxylic acids is 1. The van der Waals surface area contributed by atoms with E-state index in [1.807, 2.05) is 13.8 Å². The Balaban J connectivity index is 2.74. The molecule has 1 heterocycles. The van der Waals surface area contributed by atoms with Crippen molar-refractivity contribution in [3.05, 3.63) is 0 Å². The lowest BCUT2D eigenvalue weighted by Gasteiger charge is -2.34. The highest BCUT2D eigenvalue weighted by Crippen LogP contribution is 2.25. The van der Waals surface area contributed by atoms with Crippen molar-refractivity contribution in [2.45, 2.75) is 39.3 Å². The lowest BCUT2D eigenvalue weighted by Crippen LogP contribution is -2.50. The van der Waals surface area contributed by atoms with Crippen molar-refractivity contribution in [2.75, 3.05) is 26.8 Å². The second kappa shape index (κ2) is 6.75. The SMILES string of the molecule is CCN(C(=O)N1CCC(C(=O)O)C1C)C(C)COC. The Morgan fingerprint density at radius 1 is 1.53 bits per heavy atom. The Kier molecular flexibility index (Phi) is 5.60. The molecule has 1 rings (SSSR count). The zero-order valence-electron chi connectivity index (χ0n) is 12.1. The Labute approximate surface area is 114 Å². The molecule has 0 aromatic carbocycles. The first-order chi connectivity index (χ1) is 8.93. The van der Waals surface area contributed by atoms with E-state index < -0.39 is 11.9 Å².